The molecule has 0 aliphatic rings. The third-order valence-electron chi connectivity index (χ3n) is 14.0. The summed E-state index contributed by atoms with van der Waals surface area (Å²) in [6.07, 6.45) is 78.3. The number of aliphatic hydroxyl groups is 2. The summed E-state index contributed by atoms with van der Waals surface area (Å²) in [4.78, 5) is 24.5. The van der Waals surface area contributed by atoms with Gasteiger partial charge in [-0.25, -0.2) is 0 Å². The van der Waals surface area contributed by atoms with Crippen molar-refractivity contribution in [3.8, 4) is 0 Å². The molecular weight excluding hydrogens is 875 g/mol. The van der Waals surface area contributed by atoms with Gasteiger partial charge in [0.25, 0.3) is 0 Å². The molecule has 0 aliphatic heterocycles. The summed E-state index contributed by atoms with van der Waals surface area (Å²) in [6, 6.07) is -0.631. The Hall–Kier alpha value is -2.44. The van der Waals surface area contributed by atoms with Gasteiger partial charge in [-0.15, -0.1) is 0 Å². The van der Waals surface area contributed by atoms with Crippen molar-refractivity contribution in [2.75, 3.05) is 13.2 Å². The molecule has 1 amide bonds. The van der Waals surface area contributed by atoms with Gasteiger partial charge in [-0.2, -0.15) is 0 Å². The Kier molecular flexibility index (Phi) is 58.1. The molecule has 6 heteroatoms. The number of aliphatic hydroxyl groups excluding tert-OH is 2. The van der Waals surface area contributed by atoms with Gasteiger partial charge >= 0.3 is 5.97 Å². The highest BCUT2D eigenvalue weighted by atomic mass is 16.5. The smallest absolute Gasteiger partial charge is 0.305 e. The Labute approximate surface area is 441 Å². The molecule has 0 fully saturated rings. The van der Waals surface area contributed by atoms with Crippen LogP contribution in [0.25, 0.3) is 0 Å². The Bertz CT molecular complexity index is 1240. The topological polar surface area (TPSA) is 95.9 Å². The van der Waals surface area contributed by atoms with Crippen LogP contribution in [0.2, 0.25) is 0 Å². The minimum absolute atomic E-state index is 0.00509. The van der Waals surface area contributed by atoms with Gasteiger partial charge in [0.15, 0.2) is 0 Å². The summed E-state index contributed by atoms with van der Waals surface area (Å²) in [5, 5.41) is 23.1. The summed E-state index contributed by atoms with van der Waals surface area (Å²) in [7, 11) is 0. The molecular formula is C65H119NO5. The standard InChI is InChI=1S/C65H119NO5/c1-3-5-7-9-11-13-15-17-35-39-43-47-51-55-59-65(70)71-60-56-52-48-44-40-36-32-30-28-26-24-22-20-18-19-21-23-25-27-29-31-34-38-42-46-50-54-58-64(69)66-62(61-67)63(68)57-53-49-45-41-37-33-16-14-12-10-8-6-4-2/h9,11,15,17-19,22,24,53,57,62-63,67-68H,3-8,10,12-14,16,20-21,23,25-52,54-56,58-61H2,1-2H3,(H,66,69)/b11-9-,17-15-,19-18-,24-22-,57-53+. The molecule has 2 unspecified atom stereocenters. The molecule has 71 heavy (non-hydrogen) atoms. The van der Waals surface area contributed by atoms with Crippen LogP contribution < -0.4 is 5.32 Å². The molecule has 0 radical (unpaired) electrons. The van der Waals surface area contributed by atoms with E-state index in [1.165, 1.54) is 231 Å². The number of amides is 1. The van der Waals surface area contributed by atoms with Gasteiger partial charge in [0.05, 0.1) is 25.4 Å². The Balaban J connectivity index is 3.44. The predicted molar refractivity (Wildman–Crippen MR) is 310 cm³/mol. The molecule has 0 aromatic heterocycles. The highest BCUT2D eigenvalue weighted by molar-refractivity contribution is 5.76. The molecule has 0 saturated heterocycles. The number of ether oxygens (including phenoxy) is 1. The lowest BCUT2D eigenvalue weighted by Gasteiger charge is -2.20. The average Bonchev–Trinajstić information content (AvgIpc) is 3.37. The molecule has 6 nitrogen and oxygen atoms in total. The summed E-state index contributed by atoms with van der Waals surface area (Å²) in [6.45, 7) is 4.85. The van der Waals surface area contributed by atoms with Crippen LogP contribution in [-0.4, -0.2) is 47.4 Å². The van der Waals surface area contributed by atoms with Crippen molar-refractivity contribution in [3.63, 3.8) is 0 Å². The molecule has 0 aromatic carbocycles. The Morgan fingerprint density at radius 2 is 0.718 bits per heavy atom. The van der Waals surface area contributed by atoms with Gasteiger partial charge in [-0.1, -0.05) is 274 Å². The molecule has 0 spiro atoms. The number of carbonyl (C=O) groups excluding carboxylic acids is 2. The first-order valence-corrected chi connectivity index (χ1v) is 31.1. The fraction of sp³-hybridized carbons (Fsp3) is 0.815. The predicted octanol–water partition coefficient (Wildman–Crippen LogP) is 19.5. The average molecular weight is 995 g/mol. The third kappa shape index (κ3) is 56.7. The van der Waals surface area contributed by atoms with E-state index in [-0.39, 0.29) is 18.5 Å². The van der Waals surface area contributed by atoms with E-state index in [1.54, 1.807) is 6.08 Å². The molecule has 414 valence electrons. The van der Waals surface area contributed by atoms with Crippen LogP contribution in [0.4, 0.5) is 0 Å². The highest BCUT2D eigenvalue weighted by Gasteiger charge is 2.18. The molecule has 0 aromatic rings. The van der Waals surface area contributed by atoms with Crippen molar-refractivity contribution in [3.05, 3.63) is 60.8 Å². The van der Waals surface area contributed by atoms with Crippen LogP contribution in [-0.2, 0) is 14.3 Å². The van der Waals surface area contributed by atoms with Crippen LogP contribution in [0.3, 0.4) is 0 Å². The maximum Gasteiger partial charge on any atom is 0.305 e. The summed E-state index contributed by atoms with van der Waals surface area (Å²) < 4.78 is 5.47. The number of unbranched alkanes of at least 4 members (excludes halogenated alkanes) is 38. The van der Waals surface area contributed by atoms with Crippen molar-refractivity contribution < 1.29 is 24.5 Å². The molecule has 0 saturated carbocycles. The molecule has 0 aliphatic carbocycles. The molecule has 3 N–H and O–H groups in total. The highest BCUT2D eigenvalue weighted by Crippen LogP contribution is 2.16. The molecule has 0 bridgehead atoms. The van der Waals surface area contributed by atoms with E-state index in [9.17, 15) is 19.8 Å². The Morgan fingerprint density at radius 1 is 0.394 bits per heavy atom. The van der Waals surface area contributed by atoms with Gasteiger partial charge in [0.1, 0.15) is 0 Å². The first-order chi connectivity index (χ1) is 35.0. The quantitative estimate of drug-likeness (QED) is 0.0321. The molecule has 0 rings (SSSR count). The minimum atomic E-state index is -0.847. The maximum absolute atomic E-state index is 12.4. The number of allylic oxidation sites excluding steroid dienone is 9. The summed E-state index contributed by atoms with van der Waals surface area (Å²) in [5.41, 5.74) is 0. The van der Waals surface area contributed by atoms with Crippen molar-refractivity contribution in [1.29, 1.82) is 0 Å². The van der Waals surface area contributed by atoms with Crippen LogP contribution in [0, 0.1) is 0 Å². The van der Waals surface area contributed by atoms with E-state index in [4.69, 9.17) is 4.74 Å². The first-order valence-electron chi connectivity index (χ1n) is 31.1. The largest absolute Gasteiger partial charge is 0.466 e. The van der Waals surface area contributed by atoms with E-state index in [0.29, 0.717) is 19.4 Å². The fourth-order valence-corrected chi connectivity index (χ4v) is 9.21. The van der Waals surface area contributed by atoms with Crippen LogP contribution in [0.15, 0.2) is 60.8 Å². The zero-order valence-electron chi connectivity index (χ0n) is 47.2. The second-order valence-corrected chi connectivity index (χ2v) is 21.0. The van der Waals surface area contributed by atoms with E-state index >= 15 is 0 Å². The summed E-state index contributed by atoms with van der Waals surface area (Å²) >= 11 is 0. The zero-order valence-corrected chi connectivity index (χ0v) is 47.2. The lowest BCUT2D eigenvalue weighted by molar-refractivity contribution is -0.143. The van der Waals surface area contributed by atoms with E-state index in [1.807, 2.05) is 6.08 Å². The second-order valence-electron chi connectivity index (χ2n) is 21.0. The minimum Gasteiger partial charge on any atom is -0.466 e. The lowest BCUT2D eigenvalue weighted by atomic mass is 10.0. The van der Waals surface area contributed by atoms with E-state index in [0.717, 1.165) is 57.8 Å². The van der Waals surface area contributed by atoms with E-state index < -0.39 is 12.1 Å². The second kappa shape index (κ2) is 60.1. The normalized spacial score (nSPS) is 13.0. The SMILES string of the molecule is CCCC/C=C\C/C=C\CCCCCCCC(=O)OCCCCCCCCCCC/C=C\C/C=C\CCCCCCCCCCCCCC(=O)NC(CO)C(O)/C=C/CCCCCCCCCCCCC. The molecule has 2 atom stereocenters. The third-order valence-corrected chi connectivity index (χ3v) is 14.0. The van der Waals surface area contributed by atoms with Gasteiger partial charge in [-0.3, -0.25) is 9.59 Å². The van der Waals surface area contributed by atoms with Gasteiger partial charge < -0.3 is 20.3 Å². The Morgan fingerprint density at radius 3 is 1.11 bits per heavy atom. The number of hydrogen-bond acceptors (Lipinski definition) is 5. The van der Waals surface area contributed by atoms with Crippen molar-refractivity contribution in [2.45, 2.75) is 328 Å². The first kappa shape index (κ1) is 68.6. The summed E-state index contributed by atoms with van der Waals surface area (Å²) in [5.74, 6) is -0.0770. The number of hydrogen-bond donors (Lipinski definition) is 3. The van der Waals surface area contributed by atoms with Gasteiger partial charge in [0.2, 0.25) is 5.91 Å². The van der Waals surface area contributed by atoms with Crippen LogP contribution >= 0.6 is 0 Å². The van der Waals surface area contributed by atoms with Gasteiger partial charge in [0, 0.05) is 12.8 Å². The van der Waals surface area contributed by atoms with Crippen molar-refractivity contribution in [2.24, 2.45) is 0 Å². The van der Waals surface area contributed by atoms with E-state index in [2.05, 4.69) is 67.8 Å². The van der Waals surface area contributed by atoms with Crippen LogP contribution in [0.5, 0.6) is 0 Å². The maximum atomic E-state index is 12.4. The van der Waals surface area contributed by atoms with Crippen molar-refractivity contribution >= 4 is 11.9 Å². The van der Waals surface area contributed by atoms with Gasteiger partial charge in [-0.05, 0) is 89.9 Å². The lowest BCUT2D eigenvalue weighted by Crippen LogP contribution is -2.45. The number of nitrogens with one attached hydrogen (secondary N) is 1. The van der Waals surface area contributed by atoms with Crippen molar-refractivity contribution in [1.82, 2.24) is 5.32 Å². The monoisotopic (exact) mass is 994 g/mol. The number of esters is 1. The zero-order chi connectivity index (χ0) is 51.4. The molecule has 0 heterocycles. The number of rotatable bonds is 57. The number of carbonyl (C=O) groups is 2. The van der Waals surface area contributed by atoms with Crippen LogP contribution in [0.1, 0.15) is 316 Å². The fourth-order valence-electron chi connectivity index (χ4n) is 9.21.